The Kier molecular flexibility index (Phi) is 17.6. The number of carbonyl (C=O) groups excluding carboxylic acids is 2. The first-order valence-electron chi connectivity index (χ1n) is 11.0. The molecule has 0 aliphatic heterocycles. The average molecular weight is 525 g/mol. The molecule has 190 valence electrons. The largest absolute Gasteiger partial charge is 0.383 e. The van der Waals surface area contributed by atoms with Gasteiger partial charge in [-0.2, -0.15) is 0 Å². The highest BCUT2D eigenvalue weighted by Crippen LogP contribution is 2.26. The maximum atomic E-state index is 13.2. The van der Waals surface area contributed by atoms with Crippen molar-refractivity contribution in [3.05, 3.63) is 12.9 Å². The number of hydrogen-bond donors (Lipinski definition) is 1. The van der Waals surface area contributed by atoms with E-state index in [9.17, 15) is 9.59 Å². The lowest BCUT2D eigenvalue weighted by Crippen LogP contribution is -2.37. The minimum Gasteiger partial charge on any atom is -0.383 e. The van der Waals surface area contributed by atoms with Crippen LogP contribution in [0.25, 0.3) is 0 Å². The highest BCUT2D eigenvalue weighted by atomic mass is 32.2. The Balaban J connectivity index is 2.51. The van der Waals surface area contributed by atoms with Gasteiger partial charge < -0.3 is 33.9 Å². The number of rotatable bonds is 20. The first-order valence-corrected chi connectivity index (χ1v) is 13.0. The number of hydrogen-bond acceptors (Lipinski definition) is 10. The van der Waals surface area contributed by atoms with E-state index in [1.54, 1.807) is 19.1 Å². The van der Waals surface area contributed by atoms with Crippen molar-refractivity contribution in [1.82, 2.24) is 10.2 Å². The van der Waals surface area contributed by atoms with Crippen molar-refractivity contribution in [2.75, 3.05) is 86.7 Å². The van der Waals surface area contributed by atoms with Gasteiger partial charge in [-0.25, -0.2) is 0 Å². The quantitative estimate of drug-likeness (QED) is 0.206. The number of ether oxygens (including phenoxy) is 5. The van der Waals surface area contributed by atoms with Gasteiger partial charge in [-0.15, -0.1) is 22.7 Å². The van der Waals surface area contributed by atoms with Crippen LogP contribution < -0.4 is 5.32 Å². The summed E-state index contributed by atoms with van der Waals surface area (Å²) in [5, 5.41) is 2.86. The first-order chi connectivity index (χ1) is 16.0. The molecule has 0 aliphatic rings. The minimum atomic E-state index is -0.254. The lowest BCUT2D eigenvalue weighted by molar-refractivity contribution is 0.000721. The van der Waals surface area contributed by atoms with Gasteiger partial charge in [0.2, 0.25) is 0 Å². The van der Waals surface area contributed by atoms with E-state index in [4.69, 9.17) is 35.9 Å². The van der Waals surface area contributed by atoms with E-state index in [-0.39, 0.29) is 11.8 Å². The molecular formula is C21H36N2O7S3. The molecule has 0 radical (unpaired) electrons. The van der Waals surface area contributed by atoms with Gasteiger partial charge in [0.05, 0.1) is 52.9 Å². The van der Waals surface area contributed by atoms with Crippen LogP contribution in [-0.2, 0) is 23.7 Å². The summed E-state index contributed by atoms with van der Waals surface area (Å²) in [6.45, 7) is 7.05. The van der Waals surface area contributed by atoms with Crippen LogP contribution in [0.2, 0.25) is 0 Å². The molecule has 33 heavy (non-hydrogen) atoms. The lowest BCUT2D eigenvalue weighted by Gasteiger charge is -2.22. The molecule has 2 amide bonds. The van der Waals surface area contributed by atoms with Crippen molar-refractivity contribution in [3.8, 4) is 0 Å². The Morgan fingerprint density at radius 3 is 2.00 bits per heavy atom. The molecule has 0 bridgehead atoms. The van der Waals surface area contributed by atoms with Gasteiger partial charge in [-0.05, 0) is 6.42 Å². The van der Waals surface area contributed by atoms with Crippen LogP contribution in [0.5, 0.6) is 0 Å². The van der Waals surface area contributed by atoms with Crippen LogP contribution in [-0.4, -0.2) is 103 Å². The van der Waals surface area contributed by atoms with Crippen molar-refractivity contribution in [1.29, 1.82) is 0 Å². The summed E-state index contributed by atoms with van der Waals surface area (Å²) in [7, 11) is 3.21. The summed E-state index contributed by atoms with van der Waals surface area (Å²) in [4.78, 5) is 28.1. The van der Waals surface area contributed by atoms with Crippen LogP contribution in [0.4, 0.5) is 0 Å². The molecule has 9 nitrogen and oxygen atoms in total. The van der Waals surface area contributed by atoms with Gasteiger partial charge in [0.25, 0.3) is 11.8 Å². The zero-order valence-electron chi connectivity index (χ0n) is 19.7. The topological polar surface area (TPSA) is 95.6 Å². The maximum Gasteiger partial charge on any atom is 0.265 e. The van der Waals surface area contributed by atoms with Crippen LogP contribution in [0.3, 0.4) is 0 Å². The Morgan fingerprint density at radius 1 is 0.848 bits per heavy atom. The van der Waals surface area contributed by atoms with E-state index in [0.29, 0.717) is 85.4 Å². The number of unbranched alkanes of at least 4 members (excludes halogenated alkanes) is 1. The number of nitrogens with one attached hydrogen (secondary N) is 1. The molecule has 0 aliphatic carbocycles. The van der Waals surface area contributed by atoms with Gasteiger partial charge in [0.1, 0.15) is 12.9 Å². The summed E-state index contributed by atoms with van der Waals surface area (Å²) >= 11 is 7.61. The number of amides is 2. The second-order valence-electron chi connectivity index (χ2n) is 6.84. The number of methoxy groups -OCH3 is 2. The molecular weight excluding hydrogens is 488 g/mol. The van der Waals surface area contributed by atoms with Crippen molar-refractivity contribution in [2.24, 2.45) is 0 Å². The third kappa shape index (κ3) is 12.9. The molecule has 12 heteroatoms. The van der Waals surface area contributed by atoms with E-state index in [1.165, 1.54) is 22.7 Å². The van der Waals surface area contributed by atoms with Crippen molar-refractivity contribution in [3.63, 3.8) is 0 Å². The molecule has 0 saturated carbocycles. The molecule has 1 rings (SSSR count). The minimum absolute atomic E-state index is 0.238. The van der Waals surface area contributed by atoms with Gasteiger partial charge >= 0.3 is 0 Å². The van der Waals surface area contributed by atoms with E-state index in [1.807, 2.05) is 0 Å². The van der Waals surface area contributed by atoms with Crippen LogP contribution in [0, 0.1) is 3.14 Å². The summed E-state index contributed by atoms with van der Waals surface area (Å²) in [6, 6.07) is 0. The van der Waals surface area contributed by atoms with Crippen LogP contribution in [0.15, 0.2) is 0 Å². The zero-order valence-corrected chi connectivity index (χ0v) is 22.2. The predicted molar refractivity (Wildman–Crippen MR) is 132 cm³/mol. The Morgan fingerprint density at radius 2 is 1.39 bits per heavy atom. The summed E-state index contributed by atoms with van der Waals surface area (Å²) < 4.78 is 27.0. The third-order valence-electron chi connectivity index (χ3n) is 4.33. The molecule has 1 aromatic heterocycles. The third-order valence-corrected chi connectivity index (χ3v) is 6.97. The Labute approximate surface area is 209 Å². The average Bonchev–Trinajstić information content (AvgIpc) is 3.20. The van der Waals surface area contributed by atoms with E-state index >= 15 is 0 Å². The molecule has 1 heterocycles. The fourth-order valence-corrected chi connectivity index (χ4v) is 5.04. The van der Waals surface area contributed by atoms with Crippen molar-refractivity contribution >= 4 is 46.7 Å². The molecule has 0 aromatic carbocycles. The van der Waals surface area contributed by atoms with E-state index < -0.39 is 0 Å². The van der Waals surface area contributed by atoms with Gasteiger partial charge in [0, 0.05) is 33.9 Å². The predicted octanol–water partition coefficient (Wildman–Crippen LogP) is 2.85. The monoisotopic (exact) mass is 524 g/mol. The van der Waals surface area contributed by atoms with Crippen LogP contribution in [0.1, 0.15) is 39.1 Å². The first kappa shape index (κ1) is 30.0. The highest BCUT2D eigenvalue weighted by Gasteiger charge is 2.25. The zero-order chi connectivity index (χ0) is 24.3. The van der Waals surface area contributed by atoms with Gasteiger partial charge in [-0.1, -0.05) is 25.6 Å². The fourth-order valence-electron chi connectivity index (χ4n) is 2.55. The Bertz CT molecular complexity index is 727. The van der Waals surface area contributed by atoms with Crippen molar-refractivity contribution in [2.45, 2.75) is 19.8 Å². The van der Waals surface area contributed by atoms with Crippen LogP contribution >= 0.6 is 34.9 Å². The molecule has 0 fully saturated rings. The molecule has 0 spiro atoms. The normalized spacial score (nSPS) is 11.0. The standard InChI is InChI=1S/C21H36N2O7S3/c1-4-5-6-22-19(24)17-18(33-21(31)32-17)20(25)23(7-9-26-2)8-10-28-13-14-30-16-15-29-12-11-27-3/h4-16H2,1-3H3,(H,22,24). The SMILES string of the molecule is CCCCNC(=O)c1sc(=S)sc1C(=O)N(CCOC)CCOCCOCCOCCOC. The molecule has 0 atom stereocenters. The smallest absolute Gasteiger partial charge is 0.265 e. The molecule has 0 unspecified atom stereocenters. The summed E-state index contributed by atoms with van der Waals surface area (Å²) in [5.74, 6) is -0.492. The highest BCUT2D eigenvalue weighted by molar-refractivity contribution is 7.76. The lowest BCUT2D eigenvalue weighted by atomic mass is 10.3. The second kappa shape index (κ2) is 19.3. The number of carbonyl (C=O) groups is 2. The number of nitrogens with zero attached hydrogens (tertiary/aromatic N) is 1. The maximum absolute atomic E-state index is 13.2. The van der Waals surface area contributed by atoms with Gasteiger partial charge in [0.15, 0.2) is 0 Å². The molecule has 1 aromatic rings. The Hall–Kier alpha value is -0.990. The molecule has 0 saturated heterocycles. The second-order valence-corrected chi connectivity index (χ2v) is 10.1. The fraction of sp³-hybridized carbons (Fsp3) is 0.762. The van der Waals surface area contributed by atoms with Gasteiger partial charge in [-0.3, -0.25) is 9.59 Å². The summed E-state index contributed by atoms with van der Waals surface area (Å²) in [6.07, 6.45) is 1.86. The van der Waals surface area contributed by atoms with E-state index in [2.05, 4.69) is 12.2 Å². The van der Waals surface area contributed by atoms with Crippen molar-refractivity contribution < 1.29 is 33.3 Å². The van der Waals surface area contributed by atoms with E-state index in [0.717, 1.165) is 12.8 Å². The summed E-state index contributed by atoms with van der Waals surface area (Å²) in [5.41, 5.74) is 0. The molecule has 1 N–H and O–H groups in total.